The molecule has 2 N–H and O–H groups in total. The Balaban J connectivity index is 1.53. The zero-order valence-corrected chi connectivity index (χ0v) is 28.7. The molecule has 6 nitrogen and oxygen atoms in total. The molecule has 0 heterocycles. The fraction of sp³-hybridized carbons (Fsp3) is 0.941. The van der Waals surface area contributed by atoms with E-state index in [1.807, 2.05) is 20.8 Å². The van der Waals surface area contributed by atoms with E-state index in [4.69, 9.17) is 32.7 Å². The Morgan fingerprint density at radius 3 is 2.10 bits per heavy atom. The fourth-order valence-corrected chi connectivity index (χ4v) is 11.4. The quantitative estimate of drug-likeness (QED) is 0.205. The molecule has 242 valence electrons. The number of ether oxygens (including phenoxy) is 2. The number of fused-ring (bicyclic) bond motifs is 5. The summed E-state index contributed by atoms with van der Waals surface area (Å²) in [5.74, 6) is -0.275. The smallest absolute Gasteiger partial charge is 0.321 e. The summed E-state index contributed by atoms with van der Waals surface area (Å²) in [6, 6.07) is 0. The van der Waals surface area contributed by atoms with Crippen LogP contribution < -0.4 is 0 Å². The van der Waals surface area contributed by atoms with E-state index in [0.29, 0.717) is 24.7 Å². The van der Waals surface area contributed by atoms with Crippen molar-refractivity contribution in [3.8, 4) is 0 Å². The van der Waals surface area contributed by atoms with Crippen LogP contribution in [-0.4, -0.2) is 57.3 Å². The zero-order chi connectivity index (χ0) is 31.5. The Morgan fingerprint density at radius 1 is 0.857 bits per heavy atom. The number of halogens is 2. The number of alkyl halides is 2. The summed E-state index contributed by atoms with van der Waals surface area (Å²) in [4.78, 5) is 23.9. The largest absolute Gasteiger partial charge is 0.461 e. The lowest BCUT2D eigenvalue weighted by Gasteiger charge is -2.70. The Bertz CT molecular complexity index is 1030. The first kappa shape index (κ1) is 34.3. The summed E-state index contributed by atoms with van der Waals surface area (Å²) in [5.41, 5.74) is -1.75. The van der Waals surface area contributed by atoms with E-state index in [0.717, 1.165) is 51.4 Å². The summed E-state index contributed by atoms with van der Waals surface area (Å²) < 4.78 is 11.4. The van der Waals surface area contributed by atoms with Gasteiger partial charge in [0.2, 0.25) is 0 Å². The molecule has 42 heavy (non-hydrogen) atoms. The first-order valence-corrected chi connectivity index (χ1v) is 17.3. The third kappa shape index (κ3) is 5.66. The fourth-order valence-electron chi connectivity index (χ4n) is 11.3. The molecule has 4 rings (SSSR count). The molecule has 0 amide bonds. The zero-order valence-electron chi connectivity index (χ0n) is 27.2. The first-order chi connectivity index (χ1) is 19.3. The van der Waals surface area contributed by atoms with E-state index < -0.39 is 23.3 Å². The molecule has 0 aliphatic heterocycles. The average Bonchev–Trinajstić information content (AvgIpc) is 3.27. The van der Waals surface area contributed by atoms with Gasteiger partial charge in [0, 0.05) is 5.41 Å². The lowest BCUT2D eigenvalue weighted by Crippen LogP contribution is -2.66. The number of esters is 2. The first-order valence-electron chi connectivity index (χ1n) is 16.2. The third-order valence-corrected chi connectivity index (χ3v) is 13.9. The number of carbonyl (C=O) groups is 2. The van der Waals surface area contributed by atoms with Crippen molar-refractivity contribution in [3.05, 3.63) is 0 Å². The van der Waals surface area contributed by atoms with Crippen molar-refractivity contribution in [3.63, 3.8) is 0 Å². The minimum Gasteiger partial charge on any atom is -0.461 e. The molecule has 8 heteroatoms. The molecule has 0 saturated heterocycles. The summed E-state index contributed by atoms with van der Waals surface area (Å²) >= 11 is 11.4. The lowest BCUT2D eigenvalue weighted by molar-refractivity contribution is -0.249. The summed E-state index contributed by atoms with van der Waals surface area (Å²) in [6.45, 7) is 17.6. The van der Waals surface area contributed by atoms with E-state index >= 15 is 0 Å². The highest BCUT2D eigenvalue weighted by Gasteiger charge is 2.71. The molecule has 4 aliphatic rings. The van der Waals surface area contributed by atoms with Crippen molar-refractivity contribution >= 4 is 35.1 Å². The van der Waals surface area contributed by atoms with Crippen LogP contribution in [0.2, 0.25) is 0 Å². The second kappa shape index (κ2) is 11.7. The lowest BCUT2D eigenvalue weighted by atomic mass is 9.35. The minimum absolute atomic E-state index is 0.0106. The van der Waals surface area contributed by atoms with Gasteiger partial charge in [0.25, 0.3) is 0 Å². The maximum Gasteiger partial charge on any atom is 0.321 e. The van der Waals surface area contributed by atoms with Crippen LogP contribution in [0.1, 0.15) is 120 Å². The third-order valence-electron chi connectivity index (χ3n) is 13.5. The Morgan fingerprint density at radius 2 is 1.48 bits per heavy atom. The minimum atomic E-state index is -0.924. The van der Waals surface area contributed by atoms with E-state index in [1.54, 1.807) is 0 Å². The summed E-state index contributed by atoms with van der Waals surface area (Å²) in [5, 5.41) is 23.9. The molecule has 0 aromatic rings. The molecule has 0 aromatic heterocycles. The van der Waals surface area contributed by atoms with Crippen LogP contribution in [-0.2, 0) is 19.1 Å². The van der Waals surface area contributed by atoms with Gasteiger partial charge in [0.1, 0.15) is 23.5 Å². The number of rotatable bonds is 9. The second-order valence-electron chi connectivity index (χ2n) is 16.5. The molecule has 0 bridgehead atoms. The van der Waals surface area contributed by atoms with Crippen molar-refractivity contribution in [2.75, 3.05) is 11.8 Å². The van der Waals surface area contributed by atoms with Gasteiger partial charge in [-0.1, -0.05) is 34.6 Å². The van der Waals surface area contributed by atoms with Gasteiger partial charge in [-0.15, -0.1) is 23.2 Å². The van der Waals surface area contributed by atoms with Crippen LogP contribution >= 0.6 is 23.2 Å². The molecule has 0 aromatic carbocycles. The predicted octanol–water partition coefficient (Wildman–Crippen LogP) is 7.27. The van der Waals surface area contributed by atoms with Crippen molar-refractivity contribution in [2.45, 2.75) is 143 Å². The number of aliphatic hydroxyl groups excluding tert-OH is 1. The summed E-state index contributed by atoms with van der Waals surface area (Å²) in [6.07, 6.45) is 7.93. The van der Waals surface area contributed by atoms with Crippen molar-refractivity contribution in [2.24, 2.45) is 45.3 Å². The van der Waals surface area contributed by atoms with Gasteiger partial charge in [0.15, 0.2) is 0 Å². The van der Waals surface area contributed by atoms with Gasteiger partial charge in [-0.3, -0.25) is 9.59 Å². The maximum absolute atomic E-state index is 12.1. The SMILES string of the molecule is CC(C)(CCC[C@@](C)(O)[C@H]1CC[C@]2(C)[C@@H]1[C@H](O)C[C@@H]1[C@@]3(C)CC[C@H](OC(=O)CCl)C(C)(C)[C@@H]3CC[C@]12C)OC(=O)CCl. The molecule has 0 unspecified atom stereocenters. The number of carbonyl (C=O) groups excluding carboxylic acids is 2. The van der Waals surface area contributed by atoms with Gasteiger partial charge in [-0.2, -0.15) is 0 Å². The number of hydrogen-bond acceptors (Lipinski definition) is 6. The van der Waals surface area contributed by atoms with E-state index in [2.05, 4.69) is 34.6 Å². The molecule has 4 aliphatic carbocycles. The van der Waals surface area contributed by atoms with Crippen LogP contribution in [0.15, 0.2) is 0 Å². The second-order valence-corrected chi connectivity index (χ2v) is 17.0. The number of aliphatic hydroxyl groups is 2. The van der Waals surface area contributed by atoms with Crippen LogP contribution in [0.5, 0.6) is 0 Å². The predicted molar refractivity (Wildman–Crippen MR) is 166 cm³/mol. The van der Waals surface area contributed by atoms with E-state index in [9.17, 15) is 19.8 Å². The topological polar surface area (TPSA) is 93.1 Å². The van der Waals surface area contributed by atoms with Crippen molar-refractivity contribution in [1.29, 1.82) is 0 Å². The van der Waals surface area contributed by atoms with Crippen molar-refractivity contribution in [1.82, 2.24) is 0 Å². The number of hydrogen-bond donors (Lipinski definition) is 2. The van der Waals surface area contributed by atoms with Crippen LogP contribution in [0.4, 0.5) is 0 Å². The molecule has 10 atom stereocenters. The maximum atomic E-state index is 12.1. The summed E-state index contributed by atoms with van der Waals surface area (Å²) in [7, 11) is 0. The highest BCUT2D eigenvalue weighted by atomic mass is 35.5. The molecular formula is C34H56Cl2O6. The Kier molecular flexibility index (Phi) is 9.53. The van der Waals surface area contributed by atoms with Gasteiger partial charge < -0.3 is 19.7 Å². The average molecular weight is 632 g/mol. The molecular weight excluding hydrogens is 575 g/mol. The normalized spacial score (nSPS) is 42.5. The molecule has 4 saturated carbocycles. The Hall–Kier alpha value is -0.560. The van der Waals surface area contributed by atoms with Crippen LogP contribution in [0.25, 0.3) is 0 Å². The Labute approximate surface area is 264 Å². The highest BCUT2D eigenvalue weighted by molar-refractivity contribution is 6.26. The van der Waals surface area contributed by atoms with Gasteiger partial charge in [-0.05, 0) is 125 Å². The standard InChI is InChI=1S/C34H56Cl2O6/c1-29(2,42-27(39)20-36)13-9-14-34(8,40)21-10-16-33(7)28(21)22(37)18-24-31(5)15-12-25(41-26(38)19-35)30(3,4)23(31)11-17-32(24,33)6/h21-25,28,37,40H,9-20H2,1-8H3/t21-,22+,23-,24+,25-,28-,31-,32+,33+,34+/m0/s1. The van der Waals surface area contributed by atoms with Crippen LogP contribution in [0.3, 0.4) is 0 Å². The monoisotopic (exact) mass is 630 g/mol. The van der Waals surface area contributed by atoms with Gasteiger partial charge >= 0.3 is 11.9 Å². The van der Waals surface area contributed by atoms with E-state index in [1.165, 1.54) is 0 Å². The molecule has 0 spiro atoms. The molecule has 4 fully saturated rings. The highest BCUT2D eigenvalue weighted by Crippen LogP contribution is 2.76. The molecule has 0 radical (unpaired) electrons. The van der Waals surface area contributed by atoms with E-state index in [-0.39, 0.29) is 57.3 Å². The van der Waals surface area contributed by atoms with Crippen molar-refractivity contribution < 1.29 is 29.3 Å². The van der Waals surface area contributed by atoms with Gasteiger partial charge in [-0.25, -0.2) is 0 Å². The van der Waals surface area contributed by atoms with Gasteiger partial charge in [0.05, 0.1) is 11.7 Å². The van der Waals surface area contributed by atoms with Crippen LogP contribution in [0, 0.1) is 45.3 Å².